The van der Waals surface area contributed by atoms with E-state index in [1.165, 1.54) is 4.90 Å². The Labute approximate surface area is 108 Å². The van der Waals surface area contributed by atoms with Gasteiger partial charge in [-0.25, -0.2) is 4.79 Å². The molecule has 0 radical (unpaired) electrons. The number of carbonyl (C=O) groups is 1. The zero-order valence-corrected chi connectivity index (χ0v) is 11.5. The number of fused-ring (bicyclic) bond motifs is 1. The van der Waals surface area contributed by atoms with E-state index in [4.69, 9.17) is 9.57 Å². The van der Waals surface area contributed by atoms with Crippen LogP contribution in [0.1, 0.15) is 20.8 Å². The van der Waals surface area contributed by atoms with Crippen molar-refractivity contribution < 1.29 is 19.5 Å². The second-order valence-electron chi connectivity index (χ2n) is 5.13. The lowest BCUT2D eigenvalue weighted by Crippen LogP contribution is -2.42. The van der Waals surface area contributed by atoms with Crippen molar-refractivity contribution in [2.45, 2.75) is 38.7 Å². The zero-order valence-electron chi connectivity index (χ0n) is 9.88. The number of aliphatic hydroxyl groups excluding tert-OH is 1. The Morgan fingerprint density at radius 3 is 2.82 bits per heavy atom. The molecule has 2 rings (SSSR count). The normalized spacial score (nSPS) is 31.9. The van der Waals surface area contributed by atoms with Crippen molar-refractivity contribution in [3.8, 4) is 0 Å². The Bertz CT molecular complexity index is 366. The monoisotopic (exact) mass is 306 g/mol. The number of likely N-dealkylation sites (tertiary alicyclic amines) is 1. The maximum atomic E-state index is 11.8. The van der Waals surface area contributed by atoms with E-state index >= 15 is 0 Å². The molecule has 0 saturated carbocycles. The van der Waals surface area contributed by atoms with Gasteiger partial charge in [0.1, 0.15) is 16.4 Å². The van der Waals surface area contributed by atoms with Crippen molar-refractivity contribution in [2.75, 3.05) is 6.54 Å². The summed E-state index contributed by atoms with van der Waals surface area (Å²) in [5, 5.41) is 13.8. The summed E-state index contributed by atoms with van der Waals surface area (Å²) in [6.07, 6.45) is -1.80. The maximum absolute atomic E-state index is 11.8. The number of amides is 1. The summed E-state index contributed by atoms with van der Waals surface area (Å²) in [5.74, 6) is -0.317. The summed E-state index contributed by atoms with van der Waals surface area (Å²) in [5.41, 5.74) is -0.583. The third-order valence-corrected chi connectivity index (χ3v) is 3.27. The number of hydrogen-bond acceptors (Lipinski definition) is 5. The summed E-state index contributed by atoms with van der Waals surface area (Å²) in [6, 6.07) is 0. The molecule has 1 saturated heterocycles. The van der Waals surface area contributed by atoms with Crippen LogP contribution in [0, 0.1) is 5.92 Å². The molecule has 0 bridgehead atoms. The van der Waals surface area contributed by atoms with Crippen LogP contribution in [0.5, 0.6) is 0 Å². The van der Waals surface area contributed by atoms with Crippen LogP contribution in [0.4, 0.5) is 4.79 Å². The molecule has 7 heteroatoms. The first kappa shape index (κ1) is 12.6. The van der Waals surface area contributed by atoms with Gasteiger partial charge in [0.2, 0.25) is 0 Å². The highest BCUT2D eigenvalue weighted by molar-refractivity contribution is 9.18. The van der Waals surface area contributed by atoms with Gasteiger partial charge in [0.25, 0.3) is 0 Å². The first-order chi connectivity index (χ1) is 7.79. The Hall–Kier alpha value is -0.820. The topological polar surface area (TPSA) is 71.4 Å². The highest BCUT2D eigenvalue weighted by Gasteiger charge is 2.51. The van der Waals surface area contributed by atoms with Crippen molar-refractivity contribution in [3.05, 3.63) is 0 Å². The Balaban J connectivity index is 2.05. The molecule has 2 aliphatic heterocycles. The minimum Gasteiger partial charge on any atom is -0.444 e. The van der Waals surface area contributed by atoms with Crippen LogP contribution in [0.25, 0.3) is 0 Å². The van der Waals surface area contributed by atoms with Gasteiger partial charge in [-0.2, -0.15) is 0 Å². The van der Waals surface area contributed by atoms with Crippen molar-refractivity contribution in [1.29, 1.82) is 0 Å². The Morgan fingerprint density at radius 1 is 1.65 bits per heavy atom. The number of nitrogens with zero attached hydrogens (tertiary/aromatic N) is 2. The van der Waals surface area contributed by atoms with Crippen LogP contribution in [-0.4, -0.2) is 45.2 Å². The molecule has 96 valence electrons. The molecule has 3 unspecified atom stereocenters. The van der Waals surface area contributed by atoms with E-state index in [0.29, 0.717) is 4.62 Å². The molecule has 0 aromatic carbocycles. The van der Waals surface area contributed by atoms with E-state index in [2.05, 4.69) is 21.1 Å². The Kier molecular flexibility index (Phi) is 3.07. The average molecular weight is 307 g/mol. The molecule has 0 spiro atoms. The number of carbonyl (C=O) groups excluding carboxylic acids is 1. The number of ether oxygens (including phenoxy) is 1. The Morgan fingerprint density at radius 2 is 2.29 bits per heavy atom. The lowest BCUT2D eigenvalue weighted by atomic mass is 10.1. The lowest BCUT2D eigenvalue weighted by molar-refractivity contribution is -0.0181. The quantitative estimate of drug-likeness (QED) is 0.732. The largest absolute Gasteiger partial charge is 0.444 e. The van der Waals surface area contributed by atoms with Gasteiger partial charge >= 0.3 is 6.09 Å². The summed E-state index contributed by atoms with van der Waals surface area (Å²) < 4.78 is 5.74. The van der Waals surface area contributed by atoms with Crippen LogP contribution < -0.4 is 0 Å². The molecule has 0 aromatic rings. The van der Waals surface area contributed by atoms with Crippen LogP contribution in [0.15, 0.2) is 5.16 Å². The number of aliphatic hydroxyl groups is 1. The van der Waals surface area contributed by atoms with Crippen LogP contribution in [0.2, 0.25) is 0 Å². The van der Waals surface area contributed by atoms with Gasteiger partial charge in [-0.15, -0.1) is 0 Å². The maximum Gasteiger partial charge on any atom is 0.412 e. The number of hydrogen-bond donors (Lipinski definition) is 1. The van der Waals surface area contributed by atoms with Crippen molar-refractivity contribution >= 4 is 26.6 Å². The second kappa shape index (κ2) is 4.13. The van der Waals surface area contributed by atoms with E-state index in [1.54, 1.807) is 20.8 Å². The zero-order chi connectivity index (χ0) is 12.8. The standard InChI is InChI=1S/C10H15BrN2O4/c1-10(2,3)16-9(15)13-4-5-6(8(13)14)7(11)12-17-5/h5-6,8,14H,4H2,1-3H3. The predicted octanol–water partition coefficient (Wildman–Crippen LogP) is 1.28. The number of rotatable bonds is 0. The smallest absolute Gasteiger partial charge is 0.412 e. The van der Waals surface area contributed by atoms with Gasteiger partial charge in [0.05, 0.1) is 12.5 Å². The minimum atomic E-state index is -0.963. The number of oxime groups is 1. The van der Waals surface area contributed by atoms with E-state index in [0.717, 1.165) is 0 Å². The molecule has 2 aliphatic rings. The molecule has 1 fully saturated rings. The molecule has 6 nitrogen and oxygen atoms in total. The molecule has 1 N–H and O–H groups in total. The highest BCUT2D eigenvalue weighted by atomic mass is 79.9. The highest BCUT2D eigenvalue weighted by Crippen LogP contribution is 2.34. The minimum absolute atomic E-state index is 0.277. The summed E-state index contributed by atoms with van der Waals surface area (Å²) >= 11 is 3.21. The molecule has 0 aromatic heterocycles. The molecule has 2 heterocycles. The van der Waals surface area contributed by atoms with E-state index < -0.39 is 17.9 Å². The van der Waals surface area contributed by atoms with Crippen LogP contribution in [-0.2, 0) is 9.57 Å². The lowest BCUT2D eigenvalue weighted by Gasteiger charge is -2.26. The first-order valence-electron chi connectivity index (χ1n) is 5.36. The predicted molar refractivity (Wildman–Crippen MR) is 63.7 cm³/mol. The third kappa shape index (κ3) is 2.40. The van der Waals surface area contributed by atoms with Crippen molar-refractivity contribution in [2.24, 2.45) is 11.1 Å². The fraction of sp³-hybridized carbons (Fsp3) is 0.800. The molecular formula is C10H15BrN2O4. The van der Waals surface area contributed by atoms with Gasteiger partial charge in [-0.1, -0.05) is 5.16 Å². The molecule has 1 amide bonds. The average Bonchev–Trinajstić information content (AvgIpc) is 2.66. The number of halogens is 1. The van der Waals surface area contributed by atoms with Gasteiger partial charge in [-0.3, -0.25) is 4.90 Å². The fourth-order valence-corrected chi connectivity index (χ4v) is 2.47. The first-order valence-corrected chi connectivity index (χ1v) is 6.16. The summed E-state index contributed by atoms with van der Waals surface area (Å²) in [6.45, 7) is 5.62. The second-order valence-corrected chi connectivity index (χ2v) is 5.94. The van der Waals surface area contributed by atoms with E-state index in [1.807, 2.05) is 0 Å². The summed E-state index contributed by atoms with van der Waals surface area (Å²) in [7, 11) is 0. The molecular weight excluding hydrogens is 292 g/mol. The van der Waals surface area contributed by atoms with Crippen molar-refractivity contribution in [1.82, 2.24) is 4.90 Å². The SMILES string of the molecule is CC(C)(C)OC(=O)N1CC2ON=C(Br)C2C1O. The van der Waals surface area contributed by atoms with Gasteiger partial charge < -0.3 is 14.7 Å². The van der Waals surface area contributed by atoms with Crippen LogP contribution >= 0.6 is 15.9 Å². The third-order valence-electron chi connectivity index (χ3n) is 2.60. The van der Waals surface area contributed by atoms with Gasteiger partial charge in [-0.05, 0) is 36.7 Å². The van der Waals surface area contributed by atoms with E-state index in [-0.39, 0.29) is 18.6 Å². The van der Waals surface area contributed by atoms with E-state index in [9.17, 15) is 9.90 Å². The molecule has 17 heavy (non-hydrogen) atoms. The van der Waals surface area contributed by atoms with Crippen LogP contribution in [0.3, 0.4) is 0 Å². The summed E-state index contributed by atoms with van der Waals surface area (Å²) in [4.78, 5) is 18.2. The van der Waals surface area contributed by atoms with Crippen molar-refractivity contribution in [3.63, 3.8) is 0 Å². The fourth-order valence-electron chi connectivity index (χ4n) is 1.86. The van der Waals surface area contributed by atoms with Gasteiger partial charge in [0.15, 0.2) is 6.10 Å². The molecule has 3 atom stereocenters. The molecule has 0 aliphatic carbocycles. The van der Waals surface area contributed by atoms with Gasteiger partial charge in [0, 0.05) is 0 Å².